The molecule has 0 aliphatic rings. The summed E-state index contributed by atoms with van der Waals surface area (Å²) in [6.07, 6.45) is -1.03. The van der Waals surface area contributed by atoms with Crippen molar-refractivity contribution in [3.8, 4) is 0 Å². The maximum atomic E-state index is 11.7. The first-order valence-electron chi connectivity index (χ1n) is 5.47. The number of rotatable bonds is 4. The third kappa shape index (κ3) is 5.32. The second-order valence-electron chi connectivity index (χ2n) is 4.96. The van der Waals surface area contributed by atoms with Crippen LogP contribution in [0.1, 0.15) is 27.7 Å². The van der Waals surface area contributed by atoms with Crippen molar-refractivity contribution in [2.24, 2.45) is 0 Å². The summed E-state index contributed by atoms with van der Waals surface area (Å²) >= 11 is 0. The molecule has 0 fully saturated rings. The van der Waals surface area contributed by atoms with Crippen molar-refractivity contribution >= 4 is 6.09 Å². The molecule has 0 saturated carbocycles. The van der Waals surface area contributed by atoms with Crippen molar-refractivity contribution < 1.29 is 14.6 Å². The van der Waals surface area contributed by atoms with E-state index in [2.05, 4.69) is 5.32 Å². The molecule has 0 spiro atoms. The maximum absolute atomic E-state index is 11.7. The summed E-state index contributed by atoms with van der Waals surface area (Å²) in [6, 6.07) is -0.290. The number of hydrogen-bond acceptors (Lipinski definition) is 4. The van der Waals surface area contributed by atoms with Crippen molar-refractivity contribution in [1.82, 2.24) is 10.2 Å². The van der Waals surface area contributed by atoms with E-state index in [0.29, 0.717) is 6.54 Å². The molecule has 0 aromatic rings. The van der Waals surface area contributed by atoms with Crippen LogP contribution in [-0.2, 0) is 4.74 Å². The van der Waals surface area contributed by atoms with Gasteiger partial charge in [-0.05, 0) is 34.7 Å². The Morgan fingerprint density at radius 1 is 1.50 bits per heavy atom. The summed E-state index contributed by atoms with van der Waals surface area (Å²) in [4.78, 5) is 13.1. The number of likely N-dealkylation sites (N-methyl/N-ethyl adjacent to an activating group) is 2. The Labute approximate surface area is 97.8 Å². The summed E-state index contributed by atoms with van der Waals surface area (Å²) in [6.45, 7) is 7.66. The number of aliphatic hydroxyl groups excluding tert-OH is 1. The normalized spacial score (nSPS) is 15.4. The van der Waals surface area contributed by atoms with Gasteiger partial charge in [-0.1, -0.05) is 0 Å². The van der Waals surface area contributed by atoms with E-state index in [0.717, 1.165) is 0 Å². The molecule has 0 bridgehead atoms. The predicted molar refractivity (Wildman–Crippen MR) is 63.4 cm³/mol. The molecule has 0 rings (SSSR count). The minimum absolute atomic E-state index is 0.290. The highest BCUT2D eigenvalue weighted by Gasteiger charge is 2.26. The van der Waals surface area contributed by atoms with Gasteiger partial charge in [0.15, 0.2) is 0 Å². The molecule has 0 saturated heterocycles. The predicted octanol–water partition coefficient (Wildman–Crippen LogP) is 0.822. The van der Waals surface area contributed by atoms with Crippen molar-refractivity contribution in [3.05, 3.63) is 0 Å². The zero-order valence-electron chi connectivity index (χ0n) is 11.1. The average Bonchev–Trinajstić information content (AvgIpc) is 2.13. The smallest absolute Gasteiger partial charge is 0.410 e. The van der Waals surface area contributed by atoms with E-state index >= 15 is 0 Å². The van der Waals surface area contributed by atoms with Crippen molar-refractivity contribution in [2.45, 2.75) is 45.4 Å². The highest BCUT2D eigenvalue weighted by Crippen LogP contribution is 2.11. The van der Waals surface area contributed by atoms with E-state index in [1.54, 1.807) is 21.0 Å². The Morgan fingerprint density at radius 2 is 2.00 bits per heavy atom. The SMILES string of the molecule is CNCC(O)C(C)N(C)C(=O)OC(C)(C)C. The van der Waals surface area contributed by atoms with Gasteiger partial charge < -0.3 is 20.1 Å². The number of hydrogen-bond donors (Lipinski definition) is 2. The number of nitrogens with one attached hydrogen (secondary N) is 1. The van der Waals surface area contributed by atoms with Crippen molar-refractivity contribution in [3.63, 3.8) is 0 Å². The van der Waals surface area contributed by atoms with Crippen LogP contribution in [0, 0.1) is 0 Å². The molecule has 0 radical (unpaired) electrons. The first-order chi connectivity index (χ1) is 7.19. The molecule has 5 nitrogen and oxygen atoms in total. The lowest BCUT2D eigenvalue weighted by Gasteiger charge is -2.31. The summed E-state index contributed by atoms with van der Waals surface area (Å²) in [5.74, 6) is 0. The summed E-state index contributed by atoms with van der Waals surface area (Å²) in [5, 5.41) is 12.6. The van der Waals surface area contributed by atoms with Gasteiger partial charge in [-0.2, -0.15) is 0 Å². The highest BCUT2D eigenvalue weighted by atomic mass is 16.6. The van der Waals surface area contributed by atoms with E-state index in [9.17, 15) is 9.90 Å². The van der Waals surface area contributed by atoms with Gasteiger partial charge in [0.2, 0.25) is 0 Å². The van der Waals surface area contributed by atoms with Gasteiger partial charge in [0.05, 0.1) is 12.1 Å². The van der Waals surface area contributed by atoms with Crippen LogP contribution in [0.3, 0.4) is 0 Å². The molecule has 1 amide bonds. The van der Waals surface area contributed by atoms with Crippen LogP contribution in [0.5, 0.6) is 0 Å². The number of carbonyl (C=O) groups is 1. The lowest BCUT2D eigenvalue weighted by molar-refractivity contribution is 0.00603. The van der Waals surface area contributed by atoms with Crippen molar-refractivity contribution in [1.29, 1.82) is 0 Å². The molecule has 2 unspecified atom stereocenters. The molecular weight excluding hydrogens is 208 g/mol. The van der Waals surface area contributed by atoms with Crippen LogP contribution in [0.4, 0.5) is 4.79 Å². The van der Waals surface area contributed by atoms with E-state index in [1.165, 1.54) is 4.90 Å². The van der Waals surface area contributed by atoms with Gasteiger partial charge in [0, 0.05) is 13.6 Å². The minimum atomic E-state index is -0.609. The fourth-order valence-corrected chi connectivity index (χ4v) is 1.14. The van der Waals surface area contributed by atoms with Crippen LogP contribution in [-0.4, -0.2) is 54.5 Å². The second kappa shape index (κ2) is 6.06. The van der Waals surface area contributed by atoms with Gasteiger partial charge in [-0.15, -0.1) is 0 Å². The van der Waals surface area contributed by atoms with Gasteiger partial charge in [0.25, 0.3) is 0 Å². The number of carbonyl (C=O) groups excluding carboxylic acids is 1. The summed E-state index contributed by atoms with van der Waals surface area (Å²) < 4.78 is 5.20. The van der Waals surface area contributed by atoms with E-state index in [4.69, 9.17) is 4.74 Å². The molecule has 0 heterocycles. The molecule has 0 aliphatic carbocycles. The van der Waals surface area contributed by atoms with Gasteiger partial charge in [0.1, 0.15) is 5.60 Å². The Balaban J connectivity index is 4.32. The van der Waals surface area contributed by atoms with Crippen LogP contribution < -0.4 is 5.32 Å². The molecule has 0 aromatic carbocycles. The fourth-order valence-electron chi connectivity index (χ4n) is 1.14. The summed E-state index contributed by atoms with van der Waals surface area (Å²) in [5.41, 5.74) is -0.515. The maximum Gasteiger partial charge on any atom is 0.410 e. The standard InChI is InChI=1S/C11H24N2O3/c1-8(9(14)7-12-5)13(6)10(15)16-11(2,3)4/h8-9,12,14H,7H2,1-6H3. The Morgan fingerprint density at radius 3 is 2.38 bits per heavy atom. The quantitative estimate of drug-likeness (QED) is 0.753. The van der Waals surface area contributed by atoms with Gasteiger partial charge in [-0.3, -0.25) is 0 Å². The number of aliphatic hydroxyl groups is 1. The molecule has 0 aliphatic heterocycles. The zero-order valence-corrected chi connectivity index (χ0v) is 11.1. The Bertz CT molecular complexity index is 226. The van der Waals surface area contributed by atoms with Crippen LogP contribution in [0.25, 0.3) is 0 Å². The molecule has 16 heavy (non-hydrogen) atoms. The third-order valence-corrected chi connectivity index (χ3v) is 2.26. The molecule has 2 N–H and O–H groups in total. The monoisotopic (exact) mass is 232 g/mol. The Kier molecular flexibility index (Phi) is 5.75. The molecular formula is C11H24N2O3. The third-order valence-electron chi connectivity index (χ3n) is 2.26. The van der Waals surface area contributed by atoms with E-state index in [1.807, 2.05) is 20.8 Å². The molecule has 0 aromatic heterocycles. The van der Waals surface area contributed by atoms with Crippen molar-refractivity contribution in [2.75, 3.05) is 20.6 Å². The largest absolute Gasteiger partial charge is 0.444 e. The molecule has 2 atom stereocenters. The number of nitrogens with zero attached hydrogens (tertiary/aromatic N) is 1. The first kappa shape index (κ1) is 15.2. The topological polar surface area (TPSA) is 61.8 Å². The first-order valence-corrected chi connectivity index (χ1v) is 5.47. The lowest BCUT2D eigenvalue weighted by Crippen LogP contribution is -2.47. The van der Waals surface area contributed by atoms with Gasteiger partial charge >= 0.3 is 6.09 Å². The summed E-state index contributed by atoms with van der Waals surface area (Å²) in [7, 11) is 3.38. The highest BCUT2D eigenvalue weighted by molar-refractivity contribution is 5.68. The average molecular weight is 232 g/mol. The molecule has 5 heteroatoms. The number of ether oxygens (including phenoxy) is 1. The fraction of sp³-hybridized carbons (Fsp3) is 0.909. The van der Waals surface area contributed by atoms with Gasteiger partial charge in [-0.25, -0.2) is 4.79 Å². The van der Waals surface area contributed by atoms with E-state index < -0.39 is 17.8 Å². The Hall–Kier alpha value is -0.810. The lowest BCUT2D eigenvalue weighted by atomic mass is 10.1. The van der Waals surface area contributed by atoms with Crippen LogP contribution >= 0.6 is 0 Å². The van der Waals surface area contributed by atoms with E-state index in [-0.39, 0.29) is 6.04 Å². The van der Waals surface area contributed by atoms with Crippen LogP contribution in [0.15, 0.2) is 0 Å². The number of amides is 1. The second-order valence-corrected chi connectivity index (χ2v) is 4.96. The van der Waals surface area contributed by atoms with Crippen LogP contribution in [0.2, 0.25) is 0 Å². The molecule has 96 valence electrons. The minimum Gasteiger partial charge on any atom is -0.444 e. The zero-order chi connectivity index (χ0) is 12.9.